The van der Waals surface area contributed by atoms with E-state index in [-0.39, 0.29) is 53.3 Å². The minimum Gasteiger partial charge on any atom is -0.340 e. The summed E-state index contributed by atoms with van der Waals surface area (Å²) in [7, 11) is -3.94. The monoisotopic (exact) mass is 480 g/mol. The van der Waals surface area contributed by atoms with E-state index in [2.05, 4.69) is 5.32 Å². The van der Waals surface area contributed by atoms with Gasteiger partial charge < -0.3 is 10.2 Å². The minimum absolute atomic E-state index is 0.0297. The van der Waals surface area contributed by atoms with Crippen molar-refractivity contribution in [2.45, 2.75) is 17.9 Å². The van der Waals surface area contributed by atoms with Gasteiger partial charge in [-0.05, 0) is 25.1 Å². The fraction of sp³-hybridized carbons (Fsp3) is 0.300. The van der Waals surface area contributed by atoms with E-state index in [0.717, 1.165) is 6.07 Å². The van der Waals surface area contributed by atoms with Gasteiger partial charge in [0.1, 0.15) is 6.04 Å². The molecule has 2 amide bonds. The average Bonchev–Trinajstić information content (AvgIpc) is 2.78. The predicted octanol–water partition coefficient (Wildman–Crippen LogP) is 1.90. The third-order valence-electron chi connectivity index (χ3n) is 5.05. The van der Waals surface area contributed by atoms with Crippen molar-refractivity contribution in [1.29, 1.82) is 0 Å². The summed E-state index contributed by atoms with van der Waals surface area (Å²) in [6.07, 6.45) is 0. The van der Waals surface area contributed by atoms with Crippen molar-refractivity contribution in [1.82, 2.24) is 14.5 Å². The van der Waals surface area contributed by atoms with Crippen molar-refractivity contribution in [3.05, 3.63) is 69.2 Å². The lowest BCUT2D eigenvalue weighted by Gasteiger charge is -2.35. The molecule has 170 valence electrons. The number of amides is 2. The molecule has 0 aromatic heterocycles. The van der Waals surface area contributed by atoms with Crippen molar-refractivity contribution in [2.24, 2.45) is 0 Å². The van der Waals surface area contributed by atoms with E-state index in [1.54, 1.807) is 31.2 Å². The van der Waals surface area contributed by atoms with Crippen LogP contribution in [-0.4, -0.2) is 66.6 Å². The van der Waals surface area contributed by atoms with Crippen molar-refractivity contribution in [2.75, 3.05) is 26.2 Å². The zero-order chi connectivity index (χ0) is 23.5. The Morgan fingerprint density at radius 2 is 1.75 bits per heavy atom. The maximum Gasteiger partial charge on any atom is 0.270 e. The van der Waals surface area contributed by atoms with Crippen LogP contribution in [0.15, 0.2) is 53.4 Å². The molecule has 1 atom stereocenters. The highest BCUT2D eigenvalue weighted by Crippen LogP contribution is 2.22. The van der Waals surface area contributed by atoms with Crippen LogP contribution >= 0.6 is 11.6 Å². The van der Waals surface area contributed by atoms with E-state index in [4.69, 9.17) is 11.6 Å². The van der Waals surface area contributed by atoms with Crippen LogP contribution in [0.25, 0.3) is 0 Å². The van der Waals surface area contributed by atoms with Crippen LogP contribution in [0, 0.1) is 10.1 Å². The fourth-order valence-corrected chi connectivity index (χ4v) is 4.99. The smallest absolute Gasteiger partial charge is 0.270 e. The Balaban J connectivity index is 1.61. The molecule has 1 N–H and O–H groups in total. The van der Waals surface area contributed by atoms with Gasteiger partial charge in [0.2, 0.25) is 15.9 Å². The summed E-state index contributed by atoms with van der Waals surface area (Å²) in [5, 5.41) is 13.8. The van der Waals surface area contributed by atoms with Crippen molar-refractivity contribution in [3.8, 4) is 0 Å². The second-order valence-electron chi connectivity index (χ2n) is 7.16. The summed E-state index contributed by atoms with van der Waals surface area (Å²) in [6, 6.07) is 10.5. The molecule has 10 nitrogen and oxygen atoms in total. The van der Waals surface area contributed by atoms with Crippen molar-refractivity contribution in [3.63, 3.8) is 0 Å². The van der Waals surface area contributed by atoms with Gasteiger partial charge in [0.15, 0.2) is 0 Å². The van der Waals surface area contributed by atoms with Gasteiger partial charge in [-0.1, -0.05) is 29.8 Å². The molecule has 0 radical (unpaired) electrons. The van der Waals surface area contributed by atoms with E-state index in [0.29, 0.717) is 0 Å². The van der Waals surface area contributed by atoms with E-state index >= 15 is 0 Å². The average molecular weight is 481 g/mol. The molecule has 0 spiro atoms. The minimum atomic E-state index is -3.94. The number of rotatable bonds is 6. The maximum atomic E-state index is 12.8. The molecule has 1 heterocycles. The standard InChI is InChI=1S/C20H21ClN4O6S/c1-14(22-19(26)17-7-2-3-8-18(17)21)20(27)23-9-11-24(12-10-23)32(30,31)16-6-4-5-15(13-16)25(28)29/h2-8,13-14H,9-12H2,1H3,(H,22,26)/t14-/m0/s1. The van der Waals surface area contributed by atoms with Gasteiger partial charge >= 0.3 is 0 Å². The van der Waals surface area contributed by atoms with Crippen LogP contribution in [0.4, 0.5) is 5.69 Å². The number of carbonyl (C=O) groups excluding carboxylic acids is 2. The molecule has 2 aromatic rings. The topological polar surface area (TPSA) is 130 Å². The lowest BCUT2D eigenvalue weighted by Crippen LogP contribution is -2.55. The lowest BCUT2D eigenvalue weighted by atomic mass is 10.2. The Bertz CT molecular complexity index is 1150. The molecule has 2 aromatic carbocycles. The number of nitro groups is 1. The molecule has 3 rings (SSSR count). The third-order valence-corrected chi connectivity index (χ3v) is 7.28. The predicted molar refractivity (Wildman–Crippen MR) is 117 cm³/mol. The Kier molecular flexibility index (Phi) is 7.12. The molecule has 0 bridgehead atoms. The summed E-state index contributed by atoms with van der Waals surface area (Å²) in [6.45, 7) is 1.85. The molecule has 12 heteroatoms. The molecule has 1 saturated heterocycles. The largest absolute Gasteiger partial charge is 0.340 e. The molecular formula is C20H21ClN4O6S. The van der Waals surface area contributed by atoms with Gasteiger partial charge in [-0.3, -0.25) is 19.7 Å². The number of benzene rings is 2. The van der Waals surface area contributed by atoms with Crippen LogP contribution in [0.2, 0.25) is 5.02 Å². The number of hydrogen-bond acceptors (Lipinski definition) is 6. The van der Waals surface area contributed by atoms with Gasteiger partial charge in [0.25, 0.3) is 11.6 Å². The Labute approximate surface area is 190 Å². The highest BCUT2D eigenvalue weighted by Gasteiger charge is 2.32. The van der Waals surface area contributed by atoms with Crippen LogP contribution in [0.3, 0.4) is 0 Å². The summed E-state index contributed by atoms with van der Waals surface area (Å²) >= 11 is 6.01. The number of nitro benzene ring substituents is 1. The van der Waals surface area contributed by atoms with Crippen molar-refractivity contribution >= 4 is 39.1 Å². The molecule has 1 fully saturated rings. The summed E-state index contributed by atoms with van der Waals surface area (Å²) in [5.74, 6) is -0.832. The Morgan fingerprint density at radius 1 is 1.09 bits per heavy atom. The van der Waals surface area contributed by atoms with E-state index in [1.807, 2.05) is 0 Å². The summed E-state index contributed by atoms with van der Waals surface area (Å²) < 4.78 is 26.9. The number of piperazine rings is 1. The van der Waals surface area contributed by atoms with Gasteiger partial charge in [-0.15, -0.1) is 0 Å². The van der Waals surface area contributed by atoms with Crippen LogP contribution in [0.1, 0.15) is 17.3 Å². The zero-order valence-corrected chi connectivity index (χ0v) is 18.7. The van der Waals surface area contributed by atoms with E-state index < -0.39 is 26.9 Å². The molecule has 0 aliphatic carbocycles. The molecule has 1 aliphatic rings. The van der Waals surface area contributed by atoms with Crippen molar-refractivity contribution < 1.29 is 22.9 Å². The Hall–Kier alpha value is -3.02. The number of nitrogens with one attached hydrogen (secondary N) is 1. The number of sulfonamides is 1. The first-order valence-electron chi connectivity index (χ1n) is 9.70. The first-order chi connectivity index (χ1) is 15.1. The molecule has 1 aliphatic heterocycles. The number of halogens is 1. The number of non-ortho nitro benzene ring substituents is 1. The Morgan fingerprint density at radius 3 is 2.38 bits per heavy atom. The second kappa shape index (κ2) is 9.63. The van der Waals surface area contributed by atoms with Gasteiger partial charge in [0, 0.05) is 38.3 Å². The second-order valence-corrected chi connectivity index (χ2v) is 9.50. The normalized spacial score (nSPS) is 15.8. The first kappa shape index (κ1) is 23.6. The fourth-order valence-electron chi connectivity index (χ4n) is 3.31. The highest BCUT2D eigenvalue weighted by atomic mass is 35.5. The third kappa shape index (κ3) is 5.06. The van der Waals surface area contributed by atoms with Crippen LogP contribution < -0.4 is 5.32 Å². The lowest BCUT2D eigenvalue weighted by molar-refractivity contribution is -0.385. The summed E-state index contributed by atoms with van der Waals surface area (Å²) in [5.41, 5.74) is -0.0651. The van der Waals surface area contributed by atoms with E-state index in [1.165, 1.54) is 27.4 Å². The van der Waals surface area contributed by atoms with Gasteiger partial charge in [-0.25, -0.2) is 8.42 Å². The SMILES string of the molecule is C[C@H](NC(=O)c1ccccc1Cl)C(=O)N1CCN(S(=O)(=O)c2cccc([N+](=O)[O-])c2)CC1. The number of nitrogens with zero attached hydrogens (tertiary/aromatic N) is 3. The molecule has 32 heavy (non-hydrogen) atoms. The molecular weight excluding hydrogens is 460 g/mol. The highest BCUT2D eigenvalue weighted by molar-refractivity contribution is 7.89. The van der Waals surface area contributed by atoms with Gasteiger partial charge in [-0.2, -0.15) is 4.31 Å². The van der Waals surface area contributed by atoms with Gasteiger partial charge in [0.05, 0.1) is 20.4 Å². The first-order valence-corrected chi connectivity index (χ1v) is 11.5. The maximum absolute atomic E-state index is 12.8. The quantitative estimate of drug-likeness (QED) is 0.496. The molecule has 0 saturated carbocycles. The van der Waals surface area contributed by atoms with Crippen LogP contribution in [0.5, 0.6) is 0 Å². The van der Waals surface area contributed by atoms with E-state index in [9.17, 15) is 28.1 Å². The number of carbonyl (C=O) groups is 2. The molecule has 0 unspecified atom stereocenters. The zero-order valence-electron chi connectivity index (χ0n) is 17.1. The van der Waals surface area contributed by atoms with Crippen LogP contribution in [-0.2, 0) is 14.8 Å². The summed E-state index contributed by atoms with van der Waals surface area (Å²) in [4.78, 5) is 36.7. The number of hydrogen-bond donors (Lipinski definition) is 1.